The molecule has 1 aliphatic heterocycles. The molecule has 0 spiro atoms. The smallest absolute Gasteiger partial charge is 0.249 e. The highest BCUT2D eigenvalue weighted by Crippen LogP contribution is 2.27. The summed E-state index contributed by atoms with van der Waals surface area (Å²) in [7, 11) is 1.82. The Hall–Kier alpha value is -1.60. The summed E-state index contributed by atoms with van der Waals surface area (Å²) in [6, 6.07) is -0.316. The summed E-state index contributed by atoms with van der Waals surface area (Å²) in [6.07, 6.45) is 8.59. The van der Waals surface area contributed by atoms with Crippen molar-refractivity contribution in [3.63, 3.8) is 0 Å². The quantitative estimate of drug-likeness (QED) is 0.841. The van der Waals surface area contributed by atoms with Gasteiger partial charge in [-0.3, -0.25) is 14.3 Å². The molecule has 134 valence electrons. The Bertz CT molecular complexity index is 591. The van der Waals surface area contributed by atoms with Crippen molar-refractivity contribution in [3.8, 4) is 0 Å². The molecule has 1 saturated heterocycles. The number of nitrogens with two attached hydrogens (primary N) is 1. The van der Waals surface area contributed by atoms with Gasteiger partial charge >= 0.3 is 0 Å². The highest BCUT2D eigenvalue weighted by atomic mass is 35.5. The minimum Gasteiger partial charge on any atom is -0.344 e. The number of hydrogen-bond acceptors (Lipinski definition) is 4. The zero-order chi connectivity index (χ0) is 16.4. The predicted molar refractivity (Wildman–Crippen MR) is 93.9 cm³/mol. The molecule has 3 rings (SSSR count). The highest BCUT2D eigenvalue weighted by Gasteiger charge is 2.33. The van der Waals surface area contributed by atoms with Gasteiger partial charge in [0.1, 0.15) is 6.04 Å². The lowest BCUT2D eigenvalue weighted by Gasteiger charge is -2.32. The van der Waals surface area contributed by atoms with Gasteiger partial charge in [-0.25, -0.2) is 0 Å². The number of nitrogens with zero attached hydrogens (tertiary/aromatic N) is 3. The average Bonchev–Trinajstić information content (AvgIpc) is 3.11. The lowest BCUT2D eigenvalue weighted by molar-refractivity contribution is -0.129. The molecule has 1 unspecified atom stereocenters. The number of aryl methyl sites for hydroxylation is 1. The van der Waals surface area contributed by atoms with E-state index in [1.165, 1.54) is 0 Å². The van der Waals surface area contributed by atoms with Crippen molar-refractivity contribution in [3.05, 3.63) is 12.4 Å². The van der Waals surface area contributed by atoms with Gasteiger partial charge in [0.25, 0.3) is 0 Å². The van der Waals surface area contributed by atoms with Gasteiger partial charge in [-0.15, -0.1) is 12.4 Å². The molecule has 1 aromatic rings. The van der Waals surface area contributed by atoms with Crippen molar-refractivity contribution < 1.29 is 9.59 Å². The molecule has 0 radical (unpaired) electrons. The molecule has 1 aliphatic carbocycles. The first-order chi connectivity index (χ1) is 11.0. The normalized spacial score (nSPS) is 27.0. The monoisotopic (exact) mass is 355 g/mol. The standard InChI is InChI=1S/C16H25N5O2.ClH/c1-20-10-12(9-18-20)21-7-3-6-14(16(21)23)19-15(22)8-11-4-2-5-13(11)17;/h9-11,13-14H,2-8,17H2,1H3,(H,19,22);1H/t11-,13+,14?;/m0./s1. The van der Waals surface area contributed by atoms with E-state index in [4.69, 9.17) is 5.73 Å². The summed E-state index contributed by atoms with van der Waals surface area (Å²) in [5.41, 5.74) is 6.81. The average molecular weight is 356 g/mol. The van der Waals surface area contributed by atoms with Crippen LogP contribution in [0.4, 0.5) is 5.69 Å². The Labute approximate surface area is 148 Å². The van der Waals surface area contributed by atoms with E-state index in [1.807, 2.05) is 13.2 Å². The number of amides is 2. The summed E-state index contributed by atoms with van der Waals surface area (Å²) < 4.78 is 1.67. The van der Waals surface area contributed by atoms with Crippen molar-refractivity contribution in [2.45, 2.75) is 50.6 Å². The molecular weight excluding hydrogens is 330 g/mol. The minimum absolute atomic E-state index is 0. The van der Waals surface area contributed by atoms with Crippen LogP contribution in [0.1, 0.15) is 38.5 Å². The number of aromatic nitrogens is 2. The Balaban J connectivity index is 0.00000208. The van der Waals surface area contributed by atoms with Gasteiger partial charge in [0.15, 0.2) is 0 Å². The van der Waals surface area contributed by atoms with Crippen LogP contribution in [-0.4, -0.2) is 40.2 Å². The zero-order valence-electron chi connectivity index (χ0n) is 14.0. The van der Waals surface area contributed by atoms with Gasteiger partial charge < -0.3 is 16.0 Å². The van der Waals surface area contributed by atoms with Gasteiger partial charge in [-0.1, -0.05) is 6.42 Å². The topological polar surface area (TPSA) is 93.2 Å². The molecule has 8 heteroatoms. The fourth-order valence-corrected chi connectivity index (χ4v) is 3.62. The number of anilines is 1. The van der Waals surface area contributed by atoms with E-state index in [-0.39, 0.29) is 36.2 Å². The molecule has 2 amide bonds. The van der Waals surface area contributed by atoms with E-state index < -0.39 is 6.04 Å². The molecule has 24 heavy (non-hydrogen) atoms. The Kier molecular flexibility index (Phi) is 6.23. The second-order valence-corrected chi connectivity index (χ2v) is 6.68. The molecule has 3 N–H and O–H groups in total. The number of hydrogen-bond donors (Lipinski definition) is 2. The summed E-state index contributed by atoms with van der Waals surface area (Å²) >= 11 is 0. The molecule has 0 bridgehead atoms. The van der Waals surface area contributed by atoms with E-state index in [0.717, 1.165) is 31.4 Å². The SMILES string of the molecule is Cl.Cn1cc(N2CCCC(NC(=O)C[C@@H]3CCC[C@H]3N)C2=O)cn1. The molecular formula is C16H26ClN5O2. The number of rotatable bonds is 4. The van der Waals surface area contributed by atoms with Gasteiger partial charge in [-0.2, -0.15) is 5.10 Å². The lowest BCUT2D eigenvalue weighted by Crippen LogP contribution is -2.52. The van der Waals surface area contributed by atoms with E-state index in [2.05, 4.69) is 10.4 Å². The molecule has 3 atom stereocenters. The summed E-state index contributed by atoms with van der Waals surface area (Å²) in [4.78, 5) is 26.6. The molecule has 2 fully saturated rings. The number of nitrogens with one attached hydrogen (secondary N) is 1. The highest BCUT2D eigenvalue weighted by molar-refractivity contribution is 5.99. The van der Waals surface area contributed by atoms with Crippen LogP contribution in [0.3, 0.4) is 0 Å². The summed E-state index contributed by atoms with van der Waals surface area (Å²) in [5, 5.41) is 7.02. The molecule has 2 aliphatic rings. The maximum atomic E-state index is 12.6. The Morgan fingerprint density at radius 1 is 1.38 bits per heavy atom. The number of halogens is 1. The van der Waals surface area contributed by atoms with Crippen LogP contribution in [0.25, 0.3) is 0 Å². The van der Waals surface area contributed by atoms with Crippen LogP contribution in [0.5, 0.6) is 0 Å². The van der Waals surface area contributed by atoms with Gasteiger partial charge in [0, 0.05) is 32.3 Å². The van der Waals surface area contributed by atoms with E-state index in [0.29, 0.717) is 19.4 Å². The second kappa shape index (κ2) is 7.98. The Morgan fingerprint density at radius 3 is 2.79 bits per heavy atom. The third kappa shape index (κ3) is 4.08. The fraction of sp³-hybridized carbons (Fsp3) is 0.688. The van der Waals surface area contributed by atoms with Crippen molar-refractivity contribution in [1.82, 2.24) is 15.1 Å². The second-order valence-electron chi connectivity index (χ2n) is 6.68. The lowest BCUT2D eigenvalue weighted by atomic mass is 9.98. The van der Waals surface area contributed by atoms with Crippen LogP contribution in [0, 0.1) is 5.92 Å². The van der Waals surface area contributed by atoms with Crippen molar-refractivity contribution in [1.29, 1.82) is 0 Å². The van der Waals surface area contributed by atoms with Gasteiger partial charge in [0.2, 0.25) is 11.8 Å². The Morgan fingerprint density at radius 2 is 2.17 bits per heavy atom. The first kappa shape index (κ1) is 18.7. The van der Waals surface area contributed by atoms with Crippen molar-refractivity contribution in [2.24, 2.45) is 18.7 Å². The van der Waals surface area contributed by atoms with Crippen molar-refractivity contribution >= 4 is 29.9 Å². The van der Waals surface area contributed by atoms with E-state index in [1.54, 1.807) is 15.8 Å². The summed E-state index contributed by atoms with van der Waals surface area (Å²) in [6.45, 7) is 0.671. The van der Waals surface area contributed by atoms with Crippen molar-refractivity contribution in [2.75, 3.05) is 11.4 Å². The predicted octanol–water partition coefficient (Wildman–Crippen LogP) is 0.971. The van der Waals surface area contributed by atoms with E-state index in [9.17, 15) is 9.59 Å². The van der Waals surface area contributed by atoms with Crippen LogP contribution in [0.15, 0.2) is 12.4 Å². The first-order valence-corrected chi connectivity index (χ1v) is 8.39. The van der Waals surface area contributed by atoms with Crippen LogP contribution < -0.4 is 16.0 Å². The van der Waals surface area contributed by atoms with Crippen LogP contribution >= 0.6 is 12.4 Å². The first-order valence-electron chi connectivity index (χ1n) is 8.39. The summed E-state index contributed by atoms with van der Waals surface area (Å²) in [5.74, 6) is 0.148. The van der Waals surface area contributed by atoms with E-state index >= 15 is 0 Å². The fourth-order valence-electron chi connectivity index (χ4n) is 3.62. The molecule has 0 aromatic carbocycles. The maximum Gasteiger partial charge on any atom is 0.249 e. The zero-order valence-corrected chi connectivity index (χ0v) is 14.8. The van der Waals surface area contributed by atoms with Gasteiger partial charge in [0.05, 0.1) is 11.9 Å². The number of carbonyl (C=O) groups excluding carboxylic acids is 2. The third-order valence-electron chi connectivity index (χ3n) is 4.94. The largest absolute Gasteiger partial charge is 0.344 e. The number of carbonyl (C=O) groups is 2. The molecule has 2 heterocycles. The molecule has 1 aromatic heterocycles. The van der Waals surface area contributed by atoms with Crippen LogP contribution in [-0.2, 0) is 16.6 Å². The van der Waals surface area contributed by atoms with Gasteiger partial charge in [-0.05, 0) is 31.6 Å². The molecule has 1 saturated carbocycles. The van der Waals surface area contributed by atoms with Crippen LogP contribution in [0.2, 0.25) is 0 Å². The number of piperidine rings is 1. The third-order valence-corrected chi connectivity index (χ3v) is 4.94. The maximum absolute atomic E-state index is 12.6. The molecule has 7 nitrogen and oxygen atoms in total. The minimum atomic E-state index is -0.436.